The van der Waals surface area contributed by atoms with Gasteiger partial charge >= 0.3 is 0 Å². The molecule has 3 fully saturated rings. The fourth-order valence-corrected chi connectivity index (χ4v) is 5.09. The Kier molecular flexibility index (Phi) is 4.92. The third-order valence-corrected chi connectivity index (χ3v) is 6.49. The minimum atomic E-state index is 0.285. The molecular weight excluding hydrogens is 284 g/mol. The summed E-state index contributed by atoms with van der Waals surface area (Å²) in [6.45, 7) is 7.84. The van der Waals surface area contributed by atoms with Crippen LogP contribution in [0.1, 0.15) is 52.4 Å². The van der Waals surface area contributed by atoms with Crippen molar-refractivity contribution in [2.24, 2.45) is 11.8 Å². The van der Waals surface area contributed by atoms with Gasteiger partial charge in [0.15, 0.2) is 5.78 Å². The van der Waals surface area contributed by atoms with Crippen LogP contribution in [0.15, 0.2) is 0 Å². The molecule has 1 aliphatic carbocycles. The van der Waals surface area contributed by atoms with Gasteiger partial charge in [0, 0.05) is 23.8 Å². The molecule has 4 unspecified atom stereocenters. The number of carbonyl (C=O) groups is 1. The first-order valence-electron chi connectivity index (χ1n) is 8.82. The van der Waals surface area contributed by atoms with Crippen LogP contribution in [0.3, 0.4) is 0 Å². The van der Waals surface area contributed by atoms with E-state index < -0.39 is 0 Å². The number of piperidine rings is 1. The summed E-state index contributed by atoms with van der Waals surface area (Å²) in [4.78, 5) is 16.9. The lowest BCUT2D eigenvalue weighted by molar-refractivity contribution is -0.936. The van der Waals surface area contributed by atoms with E-state index in [9.17, 15) is 4.79 Å². The number of halogens is 1. The molecule has 4 atom stereocenters. The number of ketones is 1. The quantitative estimate of drug-likeness (QED) is 0.802. The van der Waals surface area contributed by atoms with Gasteiger partial charge in [0.25, 0.3) is 0 Å². The highest BCUT2D eigenvalue weighted by molar-refractivity contribution is 6.20. The summed E-state index contributed by atoms with van der Waals surface area (Å²) in [7, 11) is 0. The van der Waals surface area contributed by atoms with Crippen LogP contribution in [0, 0.1) is 11.8 Å². The van der Waals surface area contributed by atoms with Crippen LogP contribution in [0.25, 0.3) is 0 Å². The van der Waals surface area contributed by atoms with E-state index >= 15 is 0 Å². The van der Waals surface area contributed by atoms with Crippen LogP contribution >= 0.6 is 11.6 Å². The average Bonchev–Trinajstić information content (AvgIpc) is 2.77. The van der Waals surface area contributed by atoms with Gasteiger partial charge in [-0.2, -0.15) is 0 Å². The molecule has 2 aliphatic heterocycles. The van der Waals surface area contributed by atoms with Crippen LogP contribution in [0.4, 0.5) is 0 Å². The Hall–Kier alpha value is -0.120. The third kappa shape index (κ3) is 3.30. The number of nitrogens with one attached hydrogen (secondary N) is 1. The van der Waals surface area contributed by atoms with Crippen LogP contribution < -0.4 is 4.90 Å². The summed E-state index contributed by atoms with van der Waals surface area (Å²) in [6, 6.07) is 0.601. The smallest absolute Gasteiger partial charge is 0.189 e. The van der Waals surface area contributed by atoms with Crippen LogP contribution in [0.5, 0.6) is 0 Å². The number of hydrogen-bond acceptors (Lipinski definition) is 2. The molecule has 21 heavy (non-hydrogen) atoms. The molecule has 120 valence electrons. The zero-order chi connectivity index (χ0) is 15.0. The first-order chi connectivity index (χ1) is 10.1. The highest BCUT2D eigenvalue weighted by Gasteiger charge is 2.46. The largest absolute Gasteiger partial charge is 0.310 e. The van der Waals surface area contributed by atoms with E-state index in [1.165, 1.54) is 25.9 Å². The molecule has 0 aromatic heterocycles. The predicted octanol–water partition coefficient (Wildman–Crippen LogP) is 1.70. The van der Waals surface area contributed by atoms with Gasteiger partial charge in [0.1, 0.15) is 12.7 Å². The minimum Gasteiger partial charge on any atom is -0.310 e. The maximum atomic E-state index is 12.7. The van der Waals surface area contributed by atoms with Gasteiger partial charge in [-0.1, -0.05) is 6.92 Å². The Morgan fingerprint density at radius 3 is 2.62 bits per heavy atom. The van der Waals surface area contributed by atoms with Crippen LogP contribution in [-0.2, 0) is 4.79 Å². The zero-order valence-electron chi connectivity index (χ0n) is 13.5. The summed E-state index contributed by atoms with van der Waals surface area (Å²) in [5.41, 5.74) is 0. The Morgan fingerprint density at radius 2 is 1.90 bits per heavy atom. The molecule has 3 nitrogen and oxygen atoms in total. The third-order valence-electron chi connectivity index (χ3n) is 6.05. The molecule has 1 saturated carbocycles. The standard InChI is InChI=1S/C17H29ClN2O/c1-12-4-3-9-19-10-13(2)20(17(12)19)11-16(21)14-5-7-15(18)8-6-14/h12-15,17H,3-11H2,1-2H3/p+1. The van der Waals surface area contributed by atoms with E-state index in [2.05, 4.69) is 18.7 Å². The number of quaternary nitrogens is 1. The first-order valence-corrected chi connectivity index (χ1v) is 9.26. The van der Waals surface area contributed by atoms with Crippen molar-refractivity contribution in [3.63, 3.8) is 0 Å². The van der Waals surface area contributed by atoms with E-state index in [0.717, 1.165) is 38.1 Å². The van der Waals surface area contributed by atoms with Crippen molar-refractivity contribution in [3.05, 3.63) is 0 Å². The monoisotopic (exact) mass is 313 g/mol. The summed E-state index contributed by atoms with van der Waals surface area (Å²) in [6.07, 6.45) is 7.30. The summed E-state index contributed by atoms with van der Waals surface area (Å²) in [5, 5.41) is 0.306. The molecule has 0 amide bonds. The van der Waals surface area contributed by atoms with Crippen molar-refractivity contribution in [2.45, 2.75) is 70.0 Å². The molecule has 3 aliphatic rings. The van der Waals surface area contributed by atoms with Gasteiger partial charge in [-0.05, 0) is 45.4 Å². The molecule has 2 saturated heterocycles. The lowest BCUT2D eigenvalue weighted by atomic mass is 9.85. The SMILES string of the molecule is CC1CCCN2CC(C)[NH+](CC(=O)C3CCC(Cl)CC3)C12. The highest BCUT2D eigenvalue weighted by Crippen LogP contribution is 2.28. The average molecular weight is 314 g/mol. The van der Waals surface area contributed by atoms with Gasteiger partial charge in [-0.15, -0.1) is 11.6 Å². The summed E-state index contributed by atoms with van der Waals surface area (Å²) < 4.78 is 0. The Morgan fingerprint density at radius 1 is 1.19 bits per heavy atom. The summed E-state index contributed by atoms with van der Waals surface area (Å²) in [5.74, 6) is 1.51. The Labute approximate surface area is 134 Å². The van der Waals surface area contributed by atoms with Crippen LogP contribution in [0.2, 0.25) is 0 Å². The maximum Gasteiger partial charge on any atom is 0.189 e. The van der Waals surface area contributed by atoms with Crippen LogP contribution in [-0.4, -0.2) is 47.9 Å². The number of carbonyl (C=O) groups excluding carboxylic acids is 1. The molecule has 4 heteroatoms. The molecule has 0 bridgehead atoms. The fourth-order valence-electron chi connectivity index (χ4n) is 4.84. The van der Waals surface area contributed by atoms with Gasteiger partial charge in [-0.25, -0.2) is 4.90 Å². The number of Topliss-reactive ketones (excluding diaryl/α,β-unsaturated/α-hetero) is 1. The van der Waals surface area contributed by atoms with E-state index in [4.69, 9.17) is 11.6 Å². The van der Waals surface area contributed by atoms with Crippen molar-refractivity contribution >= 4 is 17.4 Å². The molecule has 1 N–H and O–H groups in total. The van der Waals surface area contributed by atoms with E-state index in [0.29, 0.717) is 23.4 Å². The van der Waals surface area contributed by atoms with Crippen molar-refractivity contribution < 1.29 is 9.69 Å². The molecule has 2 heterocycles. The predicted molar refractivity (Wildman–Crippen MR) is 85.7 cm³/mol. The normalized spacial score (nSPS) is 44.5. The number of alkyl halides is 1. The fraction of sp³-hybridized carbons (Fsp3) is 0.941. The van der Waals surface area contributed by atoms with Gasteiger partial charge in [0.2, 0.25) is 0 Å². The highest BCUT2D eigenvalue weighted by atomic mass is 35.5. The second kappa shape index (κ2) is 6.55. The van der Waals surface area contributed by atoms with Crippen molar-refractivity contribution in [1.82, 2.24) is 4.90 Å². The second-order valence-electron chi connectivity index (χ2n) is 7.63. The zero-order valence-corrected chi connectivity index (χ0v) is 14.2. The molecule has 0 aromatic carbocycles. The lowest BCUT2D eigenvalue weighted by Crippen LogP contribution is -3.19. The molecule has 0 aromatic rings. The molecule has 0 radical (unpaired) electrons. The first kappa shape index (κ1) is 15.8. The number of rotatable bonds is 3. The number of fused-ring (bicyclic) bond motifs is 1. The molecule has 3 rings (SSSR count). The topological polar surface area (TPSA) is 24.8 Å². The van der Waals surface area contributed by atoms with E-state index in [-0.39, 0.29) is 5.92 Å². The van der Waals surface area contributed by atoms with Gasteiger partial charge in [0.05, 0.1) is 12.6 Å². The Bertz CT molecular complexity index is 381. The minimum absolute atomic E-state index is 0.285. The Balaban J connectivity index is 1.61. The van der Waals surface area contributed by atoms with E-state index in [1.807, 2.05) is 0 Å². The number of nitrogens with zero attached hydrogens (tertiary/aromatic N) is 1. The van der Waals surface area contributed by atoms with Crippen molar-refractivity contribution in [1.29, 1.82) is 0 Å². The number of hydrogen-bond donors (Lipinski definition) is 1. The molecule has 0 spiro atoms. The van der Waals surface area contributed by atoms with E-state index in [1.54, 1.807) is 4.90 Å². The maximum absolute atomic E-state index is 12.7. The second-order valence-corrected chi connectivity index (χ2v) is 8.24. The lowest BCUT2D eigenvalue weighted by Gasteiger charge is -2.36. The molecular formula is C17H30ClN2O+. The van der Waals surface area contributed by atoms with Gasteiger partial charge in [-0.3, -0.25) is 4.79 Å². The van der Waals surface area contributed by atoms with Gasteiger partial charge < -0.3 is 4.90 Å². The van der Waals surface area contributed by atoms with Crippen molar-refractivity contribution in [2.75, 3.05) is 19.6 Å². The van der Waals surface area contributed by atoms with Crippen molar-refractivity contribution in [3.8, 4) is 0 Å². The summed E-state index contributed by atoms with van der Waals surface area (Å²) >= 11 is 6.17.